The van der Waals surface area contributed by atoms with Crippen LogP contribution >= 0.6 is 0 Å². The Hall–Kier alpha value is -1.91. The minimum absolute atomic E-state index is 0.343. The normalized spacial score (nSPS) is 10.3. The number of hydrogen-bond acceptors (Lipinski definition) is 3. The Balaban J connectivity index is 2.45. The summed E-state index contributed by atoms with van der Waals surface area (Å²) >= 11 is 0. The van der Waals surface area contributed by atoms with E-state index in [1.807, 2.05) is 6.92 Å². The third-order valence-corrected chi connectivity index (χ3v) is 2.23. The van der Waals surface area contributed by atoms with Crippen LogP contribution in [0.15, 0.2) is 18.3 Å². The first-order valence-corrected chi connectivity index (χ1v) is 4.57. The molecular weight excluding hydrogens is 195 g/mol. The van der Waals surface area contributed by atoms with Crippen molar-refractivity contribution in [2.45, 2.75) is 6.92 Å². The minimum atomic E-state index is -0.343. The van der Waals surface area contributed by atoms with Crippen molar-refractivity contribution in [2.75, 3.05) is 12.4 Å². The van der Waals surface area contributed by atoms with Gasteiger partial charge in [-0.15, -0.1) is 0 Å². The summed E-state index contributed by atoms with van der Waals surface area (Å²) in [6, 6.07) is 3.00. The van der Waals surface area contributed by atoms with Crippen molar-refractivity contribution in [3.63, 3.8) is 0 Å². The van der Waals surface area contributed by atoms with Gasteiger partial charge >= 0.3 is 0 Å². The standard InChI is InChI=1S/C10H11FN4/c1-6-9(14-15-10(6)12-2)8-4-3-7(11)5-13-8/h3-5H,1-2H3,(H2,12,14,15). The van der Waals surface area contributed by atoms with E-state index in [-0.39, 0.29) is 5.82 Å². The van der Waals surface area contributed by atoms with Crippen molar-refractivity contribution in [1.29, 1.82) is 0 Å². The smallest absolute Gasteiger partial charge is 0.151 e. The molecule has 0 aliphatic carbocycles. The Morgan fingerprint density at radius 2 is 2.20 bits per heavy atom. The van der Waals surface area contributed by atoms with E-state index in [0.29, 0.717) is 5.69 Å². The maximum atomic E-state index is 12.7. The predicted octanol–water partition coefficient (Wildman–Crippen LogP) is 1.96. The Labute approximate surface area is 86.6 Å². The van der Waals surface area contributed by atoms with E-state index in [2.05, 4.69) is 20.5 Å². The monoisotopic (exact) mass is 206 g/mol. The van der Waals surface area contributed by atoms with Gasteiger partial charge in [-0.05, 0) is 19.1 Å². The summed E-state index contributed by atoms with van der Waals surface area (Å²) < 4.78 is 12.7. The molecule has 2 aromatic heterocycles. The van der Waals surface area contributed by atoms with Crippen LogP contribution in [0.4, 0.5) is 10.2 Å². The number of aromatic nitrogens is 3. The minimum Gasteiger partial charge on any atom is -0.371 e. The third kappa shape index (κ3) is 1.68. The predicted molar refractivity (Wildman–Crippen MR) is 56.1 cm³/mol. The lowest BCUT2D eigenvalue weighted by Crippen LogP contribution is -1.90. The zero-order valence-electron chi connectivity index (χ0n) is 8.50. The molecular formula is C10H11FN4. The zero-order chi connectivity index (χ0) is 10.8. The SMILES string of the molecule is CNc1n[nH]c(-c2ccc(F)cn2)c1C. The van der Waals surface area contributed by atoms with Gasteiger partial charge in [-0.25, -0.2) is 4.39 Å². The molecule has 2 N–H and O–H groups in total. The lowest BCUT2D eigenvalue weighted by atomic mass is 10.2. The van der Waals surface area contributed by atoms with Crippen LogP contribution in [0.1, 0.15) is 5.56 Å². The molecule has 4 nitrogen and oxygen atoms in total. The van der Waals surface area contributed by atoms with Gasteiger partial charge in [0.1, 0.15) is 5.82 Å². The maximum Gasteiger partial charge on any atom is 0.151 e. The summed E-state index contributed by atoms with van der Waals surface area (Å²) in [5.41, 5.74) is 2.46. The van der Waals surface area contributed by atoms with E-state index in [4.69, 9.17) is 0 Å². The highest BCUT2D eigenvalue weighted by atomic mass is 19.1. The molecule has 0 aliphatic heterocycles. The Morgan fingerprint density at radius 1 is 1.40 bits per heavy atom. The molecule has 0 saturated heterocycles. The first-order valence-electron chi connectivity index (χ1n) is 4.57. The van der Waals surface area contributed by atoms with E-state index in [0.717, 1.165) is 17.1 Å². The molecule has 0 amide bonds. The molecule has 0 bridgehead atoms. The molecule has 2 rings (SSSR count). The van der Waals surface area contributed by atoms with Gasteiger partial charge in [0, 0.05) is 12.6 Å². The molecule has 78 valence electrons. The number of halogens is 1. The van der Waals surface area contributed by atoms with Gasteiger partial charge < -0.3 is 5.32 Å². The molecule has 2 aromatic rings. The van der Waals surface area contributed by atoms with Gasteiger partial charge in [-0.1, -0.05) is 0 Å². The van der Waals surface area contributed by atoms with Gasteiger partial charge in [0.25, 0.3) is 0 Å². The second-order valence-corrected chi connectivity index (χ2v) is 3.18. The van der Waals surface area contributed by atoms with E-state index in [1.165, 1.54) is 12.3 Å². The number of anilines is 1. The van der Waals surface area contributed by atoms with E-state index in [9.17, 15) is 4.39 Å². The van der Waals surface area contributed by atoms with Gasteiger partial charge in [-0.3, -0.25) is 10.1 Å². The highest BCUT2D eigenvalue weighted by molar-refractivity contribution is 5.65. The van der Waals surface area contributed by atoms with Gasteiger partial charge in [0.05, 0.1) is 17.6 Å². The van der Waals surface area contributed by atoms with Crippen molar-refractivity contribution in [2.24, 2.45) is 0 Å². The largest absolute Gasteiger partial charge is 0.371 e. The van der Waals surface area contributed by atoms with Crippen molar-refractivity contribution in [3.05, 3.63) is 29.7 Å². The average Bonchev–Trinajstić information content (AvgIpc) is 2.61. The zero-order valence-corrected chi connectivity index (χ0v) is 8.50. The van der Waals surface area contributed by atoms with Crippen LogP contribution in [0.25, 0.3) is 11.4 Å². The molecule has 0 atom stereocenters. The highest BCUT2D eigenvalue weighted by Crippen LogP contribution is 2.23. The lowest BCUT2D eigenvalue weighted by Gasteiger charge is -1.99. The van der Waals surface area contributed by atoms with Crippen LogP contribution in [-0.2, 0) is 0 Å². The topological polar surface area (TPSA) is 53.6 Å². The number of nitrogens with zero attached hydrogens (tertiary/aromatic N) is 2. The average molecular weight is 206 g/mol. The summed E-state index contributed by atoms with van der Waals surface area (Å²) in [5.74, 6) is 0.431. The number of pyridine rings is 1. The summed E-state index contributed by atoms with van der Waals surface area (Å²) in [6.45, 7) is 1.93. The molecule has 0 spiro atoms. The second-order valence-electron chi connectivity index (χ2n) is 3.18. The van der Waals surface area contributed by atoms with Crippen LogP contribution in [0.3, 0.4) is 0 Å². The maximum absolute atomic E-state index is 12.7. The van der Waals surface area contributed by atoms with Crippen molar-refractivity contribution in [1.82, 2.24) is 15.2 Å². The first-order chi connectivity index (χ1) is 7.22. The molecule has 0 aliphatic rings. The van der Waals surface area contributed by atoms with Crippen molar-refractivity contribution < 1.29 is 4.39 Å². The number of nitrogens with one attached hydrogen (secondary N) is 2. The number of hydrogen-bond donors (Lipinski definition) is 2. The lowest BCUT2D eigenvalue weighted by molar-refractivity contribution is 0.622. The quantitative estimate of drug-likeness (QED) is 0.789. The Kier molecular flexibility index (Phi) is 2.37. The third-order valence-electron chi connectivity index (χ3n) is 2.23. The summed E-state index contributed by atoms with van der Waals surface area (Å²) in [7, 11) is 1.80. The van der Waals surface area contributed by atoms with E-state index >= 15 is 0 Å². The van der Waals surface area contributed by atoms with Crippen LogP contribution in [0, 0.1) is 12.7 Å². The Bertz CT molecular complexity index is 461. The molecule has 0 fully saturated rings. The van der Waals surface area contributed by atoms with Gasteiger partial charge in [0.15, 0.2) is 5.82 Å². The molecule has 15 heavy (non-hydrogen) atoms. The molecule has 0 unspecified atom stereocenters. The van der Waals surface area contributed by atoms with E-state index < -0.39 is 0 Å². The van der Waals surface area contributed by atoms with E-state index in [1.54, 1.807) is 13.1 Å². The number of H-pyrrole nitrogens is 1. The van der Waals surface area contributed by atoms with Crippen LogP contribution in [0.5, 0.6) is 0 Å². The number of aromatic amines is 1. The molecule has 0 saturated carbocycles. The summed E-state index contributed by atoms with van der Waals surface area (Å²) in [5, 5.41) is 9.88. The Morgan fingerprint density at radius 3 is 2.73 bits per heavy atom. The van der Waals surface area contributed by atoms with Gasteiger partial charge in [-0.2, -0.15) is 5.10 Å². The molecule has 0 aromatic carbocycles. The fraction of sp³-hybridized carbons (Fsp3) is 0.200. The first kappa shape index (κ1) is 9.64. The summed E-state index contributed by atoms with van der Waals surface area (Å²) in [4.78, 5) is 3.98. The van der Waals surface area contributed by atoms with Crippen LogP contribution in [0.2, 0.25) is 0 Å². The fourth-order valence-electron chi connectivity index (χ4n) is 1.41. The molecule has 2 heterocycles. The molecule has 0 radical (unpaired) electrons. The number of rotatable bonds is 2. The van der Waals surface area contributed by atoms with Crippen LogP contribution < -0.4 is 5.32 Å². The second kappa shape index (κ2) is 3.68. The van der Waals surface area contributed by atoms with Crippen molar-refractivity contribution in [3.8, 4) is 11.4 Å². The van der Waals surface area contributed by atoms with Gasteiger partial charge in [0.2, 0.25) is 0 Å². The van der Waals surface area contributed by atoms with Crippen LogP contribution in [-0.4, -0.2) is 22.2 Å². The molecule has 5 heteroatoms. The highest BCUT2D eigenvalue weighted by Gasteiger charge is 2.10. The van der Waals surface area contributed by atoms with Crippen molar-refractivity contribution >= 4 is 5.82 Å². The fourth-order valence-corrected chi connectivity index (χ4v) is 1.41. The summed E-state index contributed by atoms with van der Waals surface area (Å²) in [6.07, 6.45) is 1.19.